The van der Waals surface area contributed by atoms with Gasteiger partial charge in [0, 0.05) is 10.5 Å². The zero-order valence-electron chi connectivity index (χ0n) is 10.2. The molecule has 4 atom stereocenters. The van der Waals surface area contributed by atoms with Crippen molar-refractivity contribution < 1.29 is 17.5 Å². The molecule has 0 saturated heterocycles. The van der Waals surface area contributed by atoms with Crippen LogP contribution in [-0.4, -0.2) is 28.0 Å². The maximum atomic E-state index is 10.9. The average molecular weight is 268 g/mol. The summed E-state index contributed by atoms with van der Waals surface area (Å²) in [5.41, 5.74) is 0. The van der Waals surface area contributed by atoms with E-state index in [9.17, 15) is 17.5 Å². The molecule has 4 unspecified atom stereocenters. The monoisotopic (exact) mass is 268 g/mol. The molecule has 0 aliphatic heterocycles. The van der Waals surface area contributed by atoms with Crippen molar-refractivity contribution in [3.05, 3.63) is 0 Å². The van der Waals surface area contributed by atoms with Gasteiger partial charge in [0.15, 0.2) is 0 Å². The average Bonchev–Trinajstić information content (AvgIpc) is 2.09. The highest BCUT2D eigenvalue weighted by Crippen LogP contribution is 2.20. The summed E-state index contributed by atoms with van der Waals surface area (Å²) in [4.78, 5) is 0. The van der Waals surface area contributed by atoms with Gasteiger partial charge in [-0.1, -0.05) is 49.9 Å². The molecule has 4 nitrogen and oxygen atoms in total. The second kappa shape index (κ2) is 7.53. The summed E-state index contributed by atoms with van der Waals surface area (Å²) in [6.07, 6.45) is 0.815. The molecule has 0 amide bonds. The van der Waals surface area contributed by atoms with E-state index >= 15 is 0 Å². The van der Waals surface area contributed by atoms with Crippen LogP contribution in [0, 0.1) is 11.8 Å². The smallest absolute Gasteiger partial charge is 0.0239 e. The molecule has 0 aromatic carbocycles. The summed E-state index contributed by atoms with van der Waals surface area (Å²) in [7, 11) is 0. The fourth-order valence-electron chi connectivity index (χ4n) is 1.63. The van der Waals surface area contributed by atoms with Gasteiger partial charge in [-0.05, 0) is 24.7 Å². The van der Waals surface area contributed by atoms with Crippen molar-refractivity contribution in [1.82, 2.24) is 0 Å². The van der Waals surface area contributed by atoms with Gasteiger partial charge in [0.2, 0.25) is 0 Å². The Balaban J connectivity index is 4.38. The zero-order chi connectivity index (χ0) is 12.9. The van der Waals surface area contributed by atoms with Crippen molar-refractivity contribution in [1.29, 1.82) is 0 Å². The van der Waals surface area contributed by atoms with E-state index in [1.807, 2.05) is 27.7 Å². The Hall–Kier alpha value is 0.220. The topological polar surface area (TPSA) is 80.3 Å². The summed E-state index contributed by atoms with van der Waals surface area (Å²) in [5.74, 6) is 0.0393. The minimum absolute atomic E-state index is 0.0197. The normalized spacial score (nSPS) is 19.8. The van der Waals surface area contributed by atoms with E-state index in [2.05, 4.69) is 0 Å². The van der Waals surface area contributed by atoms with Gasteiger partial charge in [-0.25, -0.2) is 0 Å². The second-order valence-corrected chi connectivity index (χ2v) is 6.92. The lowest BCUT2D eigenvalue weighted by molar-refractivity contribution is 0.435. The lowest BCUT2D eigenvalue weighted by Gasteiger charge is -2.28. The van der Waals surface area contributed by atoms with Crippen LogP contribution in [0.5, 0.6) is 0 Å². The summed E-state index contributed by atoms with van der Waals surface area (Å²) in [6.45, 7) is 7.33. The lowest BCUT2D eigenvalue weighted by atomic mass is 10.00. The molecular weight excluding hydrogens is 248 g/mol. The third kappa shape index (κ3) is 5.52. The van der Waals surface area contributed by atoms with Gasteiger partial charge in [-0.2, -0.15) is 0 Å². The third-order valence-electron chi connectivity index (χ3n) is 2.72. The molecule has 0 N–H and O–H groups in total. The van der Waals surface area contributed by atoms with Crippen LogP contribution in [0.25, 0.3) is 0 Å². The van der Waals surface area contributed by atoms with Gasteiger partial charge in [-0.3, -0.25) is 8.42 Å². The highest BCUT2D eigenvalue weighted by molar-refractivity contribution is 7.80. The van der Waals surface area contributed by atoms with Crippen molar-refractivity contribution in [3.8, 4) is 0 Å². The molecule has 0 spiro atoms. The summed E-state index contributed by atoms with van der Waals surface area (Å²) < 4.78 is 43.8. The summed E-state index contributed by atoms with van der Waals surface area (Å²) in [5, 5.41) is -0.908. The Morgan fingerprint density at radius 1 is 0.812 bits per heavy atom. The zero-order valence-corrected chi connectivity index (χ0v) is 11.8. The van der Waals surface area contributed by atoms with E-state index in [4.69, 9.17) is 0 Å². The Labute approximate surface area is 103 Å². The van der Waals surface area contributed by atoms with Gasteiger partial charge in [-0.15, -0.1) is 0 Å². The minimum Gasteiger partial charge on any atom is -0.772 e. The molecule has 0 bridgehead atoms. The van der Waals surface area contributed by atoms with Crippen LogP contribution in [0.15, 0.2) is 0 Å². The minimum atomic E-state index is -2.13. The number of hydrogen-bond acceptors (Lipinski definition) is 4. The fourth-order valence-corrected chi connectivity index (χ4v) is 3.18. The molecule has 0 rings (SSSR count). The molecule has 0 radical (unpaired) electrons. The highest BCUT2D eigenvalue weighted by Gasteiger charge is 2.19. The molecule has 0 aromatic heterocycles. The first-order valence-electron chi connectivity index (χ1n) is 5.43. The molecule has 0 heterocycles. The van der Waals surface area contributed by atoms with Gasteiger partial charge in [0.05, 0.1) is 0 Å². The third-order valence-corrected chi connectivity index (χ3v) is 5.27. The van der Waals surface area contributed by atoms with Gasteiger partial charge >= 0.3 is 0 Å². The molecule has 16 heavy (non-hydrogen) atoms. The maximum Gasteiger partial charge on any atom is 0.0239 e. The van der Waals surface area contributed by atoms with Crippen LogP contribution in [0.3, 0.4) is 0 Å². The van der Waals surface area contributed by atoms with Crippen LogP contribution in [0.2, 0.25) is 0 Å². The van der Waals surface area contributed by atoms with Crippen molar-refractivity contribution in [2.45, 2.75) is 51.0 Å². The molecule has 0 fully saturated rings. The quantitative estimate of drug-likeness (QED) is 0.656. The predicted molar refractivity (Wildman–Crippen MR) is 64.3 cm³/mol. The lowest BCUT2D eigenvalue weighted by Crippen LogP contribution is -2.27. The van der Waals surface area contributed by atoms with Crippen LogP contribution in [0.1, 0.15) is 40.5 Å². The van der Waals surface area contributed by atoms with Crippen LogP contribution >= 0.6 is 0 Å². The molecule has 0 aliphatic carbocycles. The Morgan fingerprint density at radius 2 is 1.06 bits per heavy atom. The van der Waals surface area contributed by atoms with E-state index in [-0.39, 0.29) is 11.8 Å². The van der Waals surface area contributed by atoms with E-state index < -0.39 is 32.7 Å². The highest BCUT2D eigenvalue weighted by atomic mass is 32.2. The standard InChI is InChI=1S/C10H22O4S2/c1-7(2)9(15(11)12)5-6-10(8(3)4)16(13)14/h7-10H,5-6H2,1-4H3,(H,11,12)(H,13,14)/p-2. The first-order chi connectivity index (χ1) is 7.27. The van der Waals surface area contributed by atoms with E-state index in [0.717, 1.165) is 0 Å². The predicted octanol–water partition coefficient (Wildman–Crippen LogP) is 1.57. The largest absolute Gasteiger partial charge is 0.772 e. The molecular formula is C10H20O4S2-2. The van der Waals surface area contributed by atoms with Crippen molar-refractivity contribution in [3.63, 3.8) is 0 Å². The van der Waals surface area contributed by atoms with Crippen LogP contribution < -0.4 is 0 Å². The van der Waals surface area contributed by atoms with Gasteiger partial charge in [0.25, 0.3) is 0 Å². The van der Waals surface area contributed by atoms with Crippen molar-refractivity contribution in [2.75, 3.05) is 0 Å². The van der Waals surface area contributed by atoms with Crippen LogP contribution in [-0.2, 0) is 22.2 Å². The van der Waals surface area contributed by atoms with Gasteiger partial charge in [0.1, 0.15) is 0 Å². The number of rotatable bonds is 7. The maximum absolute atomic E-state index is 10.9. The summed E-state index contributed by atoms with van der Waals surface area (Å²) in [6, 6.07) is 0. The first kappa shape index (κ1) is 16.2. The first-order valence-corrected chi connectivity index (χ1v) is 7.71. The van der Waals surface area contributed by atoms with Crippen molar-refractivity contribution >= 4 is 22.2 Å². The molecule has 0 aliphatic rings. The van der Waals surface area contributed by atoms with E-state index in [0.29, 0.717) is 12.8 Å². The second-order valence-electron chi connectivity index (χ2n) is 4.66. The van der Waals surface area contributed by atoms with Crippen molar-refractivity contribution in [2.24, 2.45) is 11.8 Å². The van der Waals surface area contributed by atoms with E-state index in [1.165, 1.54) is 0 Å². The fraction of sp³-hybridized carbons (Fsp3) is 1.00. The Morgan fingerprint density at radius 3 is 1.19 bits per heavy atom. The van der Waals surface area contributed by atoms with Gasteiger partial charge < -0.3 is 9.11 Å². The van der Waals surface area contributed by atoms with Crippen LogP contribution in [0.4, 0.5) is 0 Å². The Bertz CT molecular complexity index is 227. The Kier molecular flexibility index (Phi) is 7.63. The molecule has 0 saturated carbocycles. The molecule has 98 valence electrons. The summed E-state index contributed by atoms with van der Waals surface area (Å²) >= 11 is -4.25. The number of hydrogen-bond donors (Lipinski definition) is 0. The molecule has 0 aromatic rings. The SMILES string of the molecule is CC(C)C(CCC(C(C)C)S(=O)[O-])S(=O)[O-]. The molecule has 6 heteroatoms. The van der Waals surface area contributed by atoms with E-state index in [1.54, 1.807) is 0 Å².